The molecule has 5 heteroatoms. The second-order valence-corrected chi connectivity index (χ2v) is 13.1. The molecule has 7 aromatic carbocycles. The van der Waals surface area contributed by atoms with Crippen molar-refractivity contribution in [1.82, 2.24) is 15.0 Å². The summed E-state index contributed by atoms with van der Waals surface area (Å²) in [7, 11) is 0. The van der Waals surface area contributed by atoms with Crippen LogP contribution in [-0.4, -0.2) is 15.0 Å². The number of fused-ring (bicyclic) bond motifs is 8. The first-order chi connectivity index (χ1) is 23.8. The summed E-state index contributed by atoms with van der Waals surface area (Å²) < 4.78 is 9.02. The number of benzene rings is 7. The van der Waals surface area contributed by atoms with Crippen LogP contribution in [0.15, 0.2) is 156 Å². The van der Waals surface area contributed by atoms with Gasteiger partial charge >= 0.3 is 0 Å². The van der Waals surface area contributed by atoms with Crippen molar-refractivity contribution in [2.24, 2.45) is 0 Å². The molecular formula is C43H25N3OS. The normalized spacial score (nSPS) is 11.8. The number of hydrogen-bond acceptors (Lipinski definition) is 5. The Morgan fingerprint density at radius 2 is 1.04 bits per heavy atom. The van der Waals surface area contributed by atoms with E-state index < -0.39 is 0 Å². The van der Waals surface area contributed by atoms with Crippen LogP contribution >= 0.6 is 11.3 Å². The maximum absolute atomic E-state index is 6.56. The highest BCUT2D eigenvalue weighted by atomic mass is 32.1. The fourth-order valence-corrected chi connectivity index (χ4v) is 8.02. The fourth-order valence-electron chi connectivity index (χ4n) is 6.89. The predicted octanol–water partition coefficient (Wildman–Crippen LogP) is 12.0. The van der Waals surface area contributed by atoms with E-state index in [1.54, 1.807) is 11.3 Å². The summed E-state index contributed by atoms with van der Waals surface area (Å²) in [5, 5.41) is 6.52. The number of hydrogen-bond donors (Lipinski definition) is 0. The summed E-state index contributed by atoms with van der Waals surface area (Å²) in [6, 6.07) is 52.6. The van der Waals surface area contributed by atoms with Crippen molar-refractivity contribution in [3.05, 3.63) is 152 Å². The Morgan fingerprint density at radius 1 is 0.396 bits per heavy atom. The van der Waals surface area contributed by atoms with Crippen LogP contribution in [-0.2, 0) is 0 Å². The number of nitrogens with zero attached hydrogens (tertiary/aromatic N) is 3. The summed E-state index contributed by atoms with van der Waals surface area (Å²) in [6.07, 6.45) is 0. The van der Waals surface area contributed by atoms with E-state index in [0.717, 1.165) is 60.5 Å². The third kappa shape index (κ3) is 4.25. The van der Waals surface area contributed by atoms with Crippen molar-refractivity contribution < 1.29 is 4.42 Å². The molecule has 0 aliphatic heterocycles. The van der Waals surface area contributed by atoms with Crippen molar-refractivity contribution >= 4 is 64.2 Å². The Hall–Kier alpha value is -6.17. The molecule has 224 valence electrons. The van der Waals surface area contributed by atoms with Gasteiger partial charge in [0, 0.05) is 53.0 Å². The molecule has 0 bridgehead atoms. The van der Waals surface area contributed by atoms with Crippen molar-refractivity contribution in [1.29, 1.82) is 0 Å². The number of rotatable bonds is 4. The van der Waals surface area contributed by atoms with Gasteiger partial charge in [0.25, 0.3) is 0 Å². The van der Waals surface area contributed by atoms with E-state index in [9.17, 15) is 0 Å². The molecule has 0 aliphatic rings. The van der Waals surface area contributed by atoms with Gasteiger partial charge in [0.05, 0.1) is 0 Å². The number of para-hydroxylation sites is 1. The Kier molecular flexibility index (Phi) is 6.01. The Labute approximate surface area is 279 Å². The van der Waals surface area contributed by atoms with Gasteiger partial charge in [-0.15, -0.1) is 11.3 Å². The van der Waals surface area contributed by atoms with Crippen LogP contribution in [0.5, 0.6) is 0 Å². The average molecular weight is 632 g/mol. The van der Waals surface area contributed by atoms with E-state index in [2.05, 4.69) is 115 Å². The number of aromatic nitrogens is 3. The SMILES string of the molecule is c1ccc(-c2ccc3c(-c4nc(-c5ccccc5)nc(-c5cccc6sc7ccccc7c56)n4)cc4c5ccccc5oc4c3c2)cc1. The van der Waals surface area contributed by atoms with E-state index in [0.29, 0.717) is 17.5 Å². The Bertz CT molecular complexity index is 2840. The number of furan rings is 1. The first kappa shape index (κ1) is 27.0. The molecule has 48 heavy (non-hydrogen) atoms. The monoisotopic (exact) mass is 631 g/mol. The van der Waals surface area contributed by atoms with Crippen molar-refractivity contribution in [2.75, 3.05) is 0 Å². The third-order valence-corrected chi connectivity index (χ3v) is 10.3. The van der Waals surface area contributed by atoms with E-state index in [1.807, 2.05) is 36.4 Å². The van der Waals surface area contributed by atoms with Crippen molar-refractivity contribution in [3.8, 4) is 45.3 Å². The molecule has 0 saturated carbocycles. The summed E-state index contributed by atoms with van der Waals surface area (Å²) in [5.41, 5.74) is 6.87. The van der Waals surface area contributed by atoms with E-state index in [1.165, 1.54) is 20.2 Å². The minimum Gasteiger partial charge on any atom is -0.455 e. The molecule has 0 radical (unpaired) electrons. The zero-order valence-electron chi connectivity index (χ0n) is 25.6. The van der Waals surface area contributed by atoms with E-state index in [-0.39, 0.29) is 0 Å². The largest absolute Gasteiger partial charge is 0.455 e. The first-order valence-electron chi connectivity index (χ1n) is 15.9. The second-order valence-electron chi connectivity index (χ2n) is 12.0. The van der Waals surface area contributed by atoms with Crippen LogP contribution in [0.4, 0.5) is 0 Å². The van der Waals surface area contributed by atoms with Crippen LogP contribution in [0.1, 0.15) is 0 Å². The molecule has 0 fully saturated rings. The lowest BCUT2D eigenvalue weighted by molar-refractivity contribution is 0.672. The van der Waals surface area contributed by atoms with Crippen molar-refractivity contribution in [3.63, 3.8) is 0 Å². The molecule has 10 rings (SSSR count). The summed E-state index contributed by atoms with van der Waals surface area (Å²) >= 11 is 1.79. The Balaban J connectivity index is 1.30. The lowest BCUT2D eigenvalue weighted by Gasteiger charge is -2.12. The summed E-state index contributed by atoms with van der Waals surface area (Å²) in [5.74, 6) is 1.91. The molecule has 0 aliphatic carbocycles. The molecule has 0 amide bonds. The van der Waals surface area contributed by atoms with Gasteiger partial charge in [-0.05, 0) is 46.8 Å². The molecule has 0 unspecified atom stereocenters. The van der Waals surface area contributed by atoms with Crippen LogP contribution in [0.2, 0.25) is 0 Å². The van der Waals surface area contributed by atoms with Gasteiger partial charge in [0.2, 0.25) is 0 Å². The first-order valence-corrected chi connectivity index (χ1v) is 16.8. The second kappa shape index (κ2) is 10.7. The van der Waals surface area contributed by atoms with E-state index >= 15 is 0 Å². The number of thiophene rings is 1. The average Bonchev–Trinajstić information content (AvgIpc) is 3.73. The minimum atomic E-state index is 0.625. The highest BCUT2D eigenvalue weighted by Crippen LogP contribution is 2.43. The van der Waals surface area contributed by atoms with Gasteiger partial charge < -0.3 is 4.42 Å². The van der Waals surface area contributed by atoms with Crippen LogP contribution in [0.25, 0.3) is 98.2 Å². The zero-order valence-corrected chi connectivity index (χ0v) is 26.4. The molecule has 3 heterocycles. The standard InChI is InChI=1S/C43H25N3OS/c1-3-12-26(13-4-1)28-22-23-29-33(24-28)40-34(30-16-7-9-19-36(30)47-40)25-35(29)43-45-41(27-14-5-2-6-15-27)44-42(46-43)32-18-11-21-38-39(32)31-17-8-10-20-37(31)48-38/h1-25H. The molecule has 3 aromatic heterocycles. The van der Waals surface area contributed by atoms with Gasteiger partial charge in [-0.2, -0.15) is 0 Å². The fraction of sp³-hybridized carbons (Fsp3) is 0. The van der Waals surface area contributed by atoms with Gasteiger partial charge in [-0.3, -0.25) is 0 Å². The third-order valence-electron chi connectivity index (χ3n) is 9.14. The summed E-state index contributed by atoms with van der Waals surface area (Å²) in [4.78, 5) is 15.6. The zero-order chi connectivity index (χ0) is 31.6. The molecule has 10 aromatic rings. The van der Waals surface area contributed by atoms with Gasteiger partial charge in [-0.25, -0.2) is 15.0 Å². The smallest absolute Gasteiger partial charge is 0.164 e. The molecule has 0 spiro atoms. The molecule has 4 nitrogen and oxygen atoms in total. The van der Waals surface area contributed by atoms with Crippen LogP contribution < -0.4 is 0 Å². The lowest BCUT2D eigenvalue weighted by atomic mass is 9.95. The van der Waals surface area contributed by atoms with Gasteiger partial charge in [0.1, 0.15) is 11.2 Å². The lowest BCUT2D eigenvalue weighted by Crippen LogP contribution is -2.01. The van der Waals surface area contributed by atoms with Crippen LogP contribution in [0, 0.1) is 0 Å². The quantitative estimate of drug-likeness (QED) is 0.194. The molecule has 0 atom stereocenters. The van der Waals surface area contributed by atoms with Crippen LogP contribution in [0.3, 0.4) is 0 Å². The van der Waals surface area contributed by atoms with E-state index in [4.69, 9.17) is 19.4 Å². The minimum absolute atomic E-state index is 0.625. The predicted molar refractivity (Wildman–Crippen MR) is 199 cm³/mol. The summed E-state index contributed by atoms with van der Waals surface area (Å²) in [6.45, 7) is 0. The van der Waals surface area contributed by atoms with Gasteiger partial charge in [0.15, 0.2) is 17.5 Å². The maximum Gasteiger partial charge on any atom is 0.164 e. The molecule has 0 saturated heterocycles. The highest BCUT2D eigenvalue weighted by molar-refractivity contribution is 7.25. The topological polar surface area (TPSA) is 51.8 Å². The van der Waals surface area contributed by atoms with Gasteiger partial charge in [-0.1, -0.05) is 121 Å². The Morgan fingerprint density at radius 3 is 1.88 bits per heavy atom. The molecular weight excluding hydrogens is 607 g/mol. The maximum atomic E-state index is 6.56. The molecule has 0 N–H and O–H groups in total. The highest BCUT2D eigenvalue weighted by Gasteiger charge is 2.21. The van der Waals surface area contributed by atoms with Crippen molar-refractivity contribution in [2.45, 2.75) is 0 Å².